The number of aromatic nitrogens is 1. The molecule has 1 unspecified atom stereocenters. The van der Waals surface area contributed by atoms with Gasteiger partial charge in [-0.15, -0.1) is 0 Å². The van der Waals surface area contributed by atoms with Gasteiger partial charge in [0.25, 0.3) is 0 Å². The highest BCUT2D eigenvalue weighted by Gasteiger charge is 2.49. The van der Waals surface area contributed by atoms with Crippen LogP contribution < -0.4 is 5.73 Å². The molecule has 1 aromatic rings. The summed E-state index contributed by atoms with van der Waals surface area (Å²) in [6, 6.07) is 4.21. The molecule has 0 saturated carbocycles. The molecule has 4 heteroatoms. The Kier molecular flexibility index (Phi) is 5.10. The van der Waals surface area contributed by atoms with Crippen molar-refractivity contribution in [2.75, 3.05) is 24.6 Å². The van der Waals surface area contributed by atoms with Crippen LogP contribution >= 0.6 is 11.8 Å². The van der Waals surface area contributed by atoms with E-state index >= 15 is 0 Å². The summed E-state index contributed by atoms with van der Waals surface area (Å²) in [5, 5.41) is 0. The normalized spacial score (nSPS) is 25.9. The molecule has 0 aromatic carbocycles. The van der Waals surface area contributed by atoms with E-state index in [9.17, 15) is 0 Å². The summed E-state index contributed by atoms with van der Waals surface area (Å²) in [6.45, 7) is 9.73. The number of hydrogen-bond donors (Lipinski definition) is 1. The molecule has 2 heterocycles. The monoisotopic (exact) mass is 293 g/mol. The van der Waals surface area contributed by atoms with E-state index in [0.717, 1.165) is 25.4 Å². The van der Waals surface area contributed by atoms with Crippen molar-refractivity contribution in [3.8, 4) is 0 Å². The number of nitrogens with zero attached hydrogens (tertiary/aromatic N) is 2. The molecular weight excluding hydrogens is 266 g/mol. The van der Waals surface area contributed by atoms with E-state index in [0.29, 0.717) is 0 Å². The van der Waals surface area contributed by atoms with Gasteiger partial charge < -0.3 is 5.73 Å². The summed E-state index contributed by atoms with van der Waals surface area (Å²) in [6.07, 6.45) is 4.99. The topological polar surface area (TPSA) is 42.2 Å². The van der Waals surface area contributed by atoms with Crippen LogP contribution in [0, 0.1) is 5.41 Å². The molecule has 0 spiro atoms. The Bertz CT molecular complexity index is 421. The Labute approximate surface area is 127 Å². The number of pyridine rings is 1. The number of rotatable bonds is 5. The molecule has 3 nitrogen and oxygen atoms in total. The molecule has 0 bridgehead atoms. The van der Waals surface area contributed by atoms with E-state index in [4.69, 9.17) is 5.73 Å². The largest absolute Gasteiger partial charge is 0.329 e. The molecule has 0 radical (unpaired) electrons. The maximum Gasteiger partial charge on any atom is 0.0476 e. The lowest BCUT2D eigenvalue weighted by Crippen LogP contribution is -2.65. The predicted octanol–water partition coefficient (Wildman–Crippen LogP) is 2.76. The van der Waals surface area contributed by atoms with E-state index < -0.39 is 0 Å². The number of likely N-dealkylation sites (N-methyl/N-ethyl adjacent to an activating group) is 1. The first-order valence-electron chi connectivity index (χ1n) is 7.47. The molecule has 20 heavy (non-hydrogen) atoms. The first-order valence-corrected chi connectivity index (χ1v) is 8.63. The molecule has 2 N–H and O–H groups in total. The maximum atomic E-state index is 6.28. The van der Waals surface area contributed by atoms with Crippen molar-refractivity contribution in [3.05, 3.63) is 30.1 Å². The van der Waals surface area contributed by atoms with Crippen molar-refractivity contribution in [2.24, 2.45) is 11.1 Å². The van der Waals surface area contributed by atoms with Gasteiger partial charge in [-0.05, 0) is 41.8 Å². The highest BCUT2D eigenvalue weighted by molar-refractivity contribution is 7.99. The first kappa shape index (κ1) is 15.8. The molecule has 1 aliphatic heterocycles. The van der Waals surface area contributed by atoms with E-state index in [1.165, 1.54) is 17.7 Å². The summed E-state index contributed by atoms with van der Waals surface area (Å²) in [7, 11) is 0. The standard InChI is InChI=1S/C16H27N3S/c1-4-19(11-14-5-8-18-9-6-14)16(12-17)13-20-10-7-15(16,2)3/h5-6,8-9H,4,7,10-13,17H2,1-3H3. The molecule has 2 rings (SSSR count). The summed E-state index contributed by atoms with van der Waals surface area (Å²) >= 11 is 2.05. The van der Waals surface area contributed by atoms with Crippen LogP contribution in [0.3, 0.4) is 0 Å². The zero-order chi connectivity index (χ0) is 14.6. The summed E-state index contributed by atoms with van der Waals surface area (Å²) in [5.41, 5.74) is 7.95. The molecule has 1 saturated heterocycles. The Morgan fingerprint density at radius 3 is 2.60 bits per heavy atom. The van der Waals surface area contributed by atoms with Crippen molar-refractivity contribution in [3.63, 3.8) is 0 Å². The van der Waals surface area contributed by atoms with E-state index in [1.54, 1.807) is 0 Å². The minimum Gasteiger partial charge on any atom is -0.329 e. The van der Waals surface area contributed by atoms with Crippen LogP contribution in [0.15, 0.2) is 24.5 Å². The summed E-state index contributed by atoms with van der Waals surface area (Å²) < 4.78 is 0. The zero-order valence-corrected chi connectivity index (χ0v) is 13.7. The quantitative estimate of drug-likeness (QED) is 0.906. The Morgan fingerprint density at radius 2 is 2.05 bits per heavy atom. The van der Waals surface area contributed by atoms with Crippen molar-refractivity contribution >= 4 is 11.8 Å². The molecule has 0 aliphatic carbocycles. The fourth-order valence-corrected chi connectivity index (χ4v) is 5.08. The third-order valence-electron chi connectivity index (χ3n) is 4.92. The Balaban J connectivity index is 2.27. The molecule has 112 valence electrons. The highest BCUT2D eigenvalue weighted by Crippen LogP contribution is 2.45. The first-order chi connectivity index (χ1) is 9.55. The second-order valence-corrected chi connectivity index (χ2v) is 7.40. The molecular formula is C16H27N3S. The average Bonchev–Trinajstić information content (AvgIpc) is 2.46. The van der Waals surface area contributed by atoms with Crippen molar-refractivity contribution in [1.29, 1.82) is 0 Å². The number of thioether (sulfide) groups is 1. The summed E-state index contributed by atoms with van der Waals surface area (Å²) in [5.74, 6) is 2.39. The summed E-state index contributed by atoms with van der Waals surface area (Å²) in [4.78, 5) is 6.69. The van der Waals surface area contributed by atoms with Crippen LogP contribution in [0.5, 0.6) is 0 Å². The lowest BCUT2D eigenvalue weighted by molar-refractivity contribution is -0.00120. The second kappa shape index (κ2) is 6.46. The van der Waals surface area contributed by atoms with Crippen molar-refractivity contribution < 1.29 is 0 Å². The van der Waals surface area contributed by atoms with Gasteiger partial charge in [-0.25, -0.2) is 0 Å². The third-order valence-corrected chi connectivity index (χ3v) is 6.09. The Morgan fingerprint density at radius 1 is 1.35 bits per heavy atom. The van der Waals surface area contributed by atoms with E-state index in [1.807, 2.05) is 24.2 Å². The third kappa shape index (κ3) is 2.87. The SMILES string of the molecule is CCN(Cc1ccncc1)C1(CN)CSCCC1(C)C. The van der Waals surface area contributed by atoms with Gasteiger partial charge >= 0.3 is 0 Å². The number of nitrogens with two attached hydrogens (primary N) is 1. The van der Waals surface area contributed by atoms with Gasteiger partial charge in [-0.3, -0.25) is 9.88 Å². The van der Waals surface area contributed by atoms with Crippen LogP contribution in [0.4, 0.5) is 0 Å². The van der Waals surface area contributed by atoms with Gasteiger partial charge in [0.1, 0.15) is 0 Å². The highest BCUT2D eigenvalue weighted by atomic mass is 32.2. The number of hydrogen-bond acceptors (Lipinski definition) is 4. The van der Waals surface area contributed by atoms with Gasteiger partial charge in [0.15, 0.2) is 0 Å². The van der Waals surface area contributed by atoms with Crippen LogP contribution in [0.25, 0.3) is 0 Å². The van der Waals surface area contributed by atoms with Crippen LogP contribution in [-0.2, 0) is 6.54 Å². The van der Waals surface area contributed by atoms with Crippen molar-refractivity contribution in [1.82, 2.24) is 9.88 Å². The van der Waals surface area contributed by atoms with Crippen LogP contribution in [-0.4, -0.2) is 40.0 Å². The van der Waals surface area contributed by atoms with Gasteiger partial charge in [-0.1, -0.05) is 20.8 Å². The molecule has 1 atom stereocenters. The van der Waals surface area contributed by atoms with Gasteiger partial charge in [0.05, 0.1) is 0 Å². The van der Waals surface area contributed by atoms with Crippen LogP contribution in [0.1, 0.15) is 32.8 Å². The minimum atomic E-state index is 0.0912. The van der Waals surface area contributed by atoms with Crippen LogP contribution in [0.2, 0.25) is 0 Å². The lowest BCUT2D eigenvalue weighted by atomic mass is 9.69. The fraction of sp³-hybridized carbons (Fsp3) is 0.688. The molecule has 0 amide bonds. The van der Waals surface area contributed by atoms with Gasteiger partial charge in [-0.2, -0.15) is 11.8 Å². The maximum absolute atomic E-state index is 6.28. The zero-order valence-electron chi connectivity index (χ0n) is 12.9. The van der Waals surface area contributed by atoms with E-state index in [2.05, 4.69) is 42.8 Å². The molecule has 1 aromatic heterocycles. The second-order valence-electron chi connectivity index (χ2n) is 6.29. The molecule has 1 aliphatic rings. The fourth-order valence-electron chi connectivity index (χ4n) is 3.25. The minimum absolute atomic E-state index is 0.0912. The van der Waals surface area contributed by atoms with E-state index in [-0.39, 0.29) is 11.0 Å². The predicted molar refractivity (Wildman–Crippen MR) is 87.8 cm³/mol. The van der Waals surface area contributed by atoms with Gasteiger partial charge in [0.2, 0.25) is 0 Å². The smallest absolute Gasteiger partial charge is 0.0476 e. The molecule has 1 fully saturated rings. The lowest BCUT2D eigenvalue weighted by Gasteiger charge is -2.55. The average molecular weight is 293 g/mol. The van der Waals surface area contributed by atoms with Crippen molar-refractivity contribution in [2.45, 2.75) is 39.3 Å². The Hall–Kier alpha value is -0.580. The van der Waals surface area contributed by atoms with Gasteiger partial charge in [0, 0.05) is 36.8 Å².